The van der Waals surface area contributed by atoms with Crippen LogP contribution in [0.5, 0.6) is 0 Å². The van der Waals surface area contributed by atoms with Gasteiger partial charge < -0.3 is 11.1 Å². The smallest absolute Gasteiger partial charge is 0.325 e. The Labute approximate surface area is 140 Å². The predicted octanol–water partition coefficient (Wildman–Crippen LogP) is 2.42. The lowest BCUT2D eigenvalue weighted by molar-refractivity contribution is 0.256. The van der Waals surface area contributed by atoms with Crippen molar-refractivity contribution in [2.24, 2.45) is 10.7 Å². The van der Waals surface area contributed by atoms with E-state index in [4.69, 9.17) is 5.73 Å². The molecular weight excluding hydrogens is 326 g/mol. The molecule has 0 radical (unpaired) electrons. The lowest BCUT2D eigenvalue weighted by Crippen LogP contribution is -2.39. The minimum atomic E-state index is -0.532. The highest BCUT2D eigenvalue weighted by Crippen LogP contribution is 2.22. The molecule has 3 rings (SSSR count). The SMILES string of the molecule is N/C(=N\c1nc(=O)c2ccccc2s1)NC(=O)Nc1ccccc1. The monoisotopic (exact) mass is 339 g/mol. The molecule has 0 saturated carbocycles. The zero-order chi connectivity index (χ0) is 16.9. The molecule has 8 heteroatoms. The number of fused-ring (bicyclic) bond motifs is 1. The fourth-order valence-corrected chi connectivity index (χ4v) is 2.86. The number of para-hydroxylation sites is 1. The molecule has 0 atom stereocenters. The van der Waals surface area contributed by atoms with Crippen LogP contribution in [0.3, 0.4) is 0 Å². The van der Waals surface area contributed by atoms with E-state index in [2.05, 4.69) is 20.6 Å². The third kappa shape index (κ3) is 3.73. The summed E-state index contributed by atoms with van der Waals surface area (Å²) in [4.78, 5) is 31.6. The van der Waals surface area contributed by atoms with Crippen molar-refractivity contribution in [2.45, 2.75) is 0 Å². The normalized spacial score (nSPS) is 11.2. The number of carbonyl (C=O) groups excluding carboxylic acids is 1. The molecule has 0 unspecified atom stereocenters. The van der Waals surface area contributed by atoms with Crippen molar-refractivity contribution in [2.75, 3.05) is 5.32 Å². The van der Waals surface area contributed by atoms with Crippen LogP contribution >= 0.6 is 11.3 Å². The van der Waals surface area contributed by atoms with Gasteiger partial charge in [0, 0.05) is 10.4 Å². The van der Waals surface area contributed by atoms with E-state index in [1.807, 2.05) is 12.1 Å². The molecule has 0 aliphatic carbocycles. The fraction of sp³-hybridized carbons (Fsp3) is 0. The van der Waals surface area contributed by atoms with Gasteiger partial charge in [0.1, 0.15) is 0 Å². The zero-order valence-corrected chi connectivity index (χ0v) is 13.2. The zero-order valence-electron chi connectivity index (χ0n) is 12.4. The predicted molar refractivity (Wildman–Crippen MR) is 95.8 cm³/mol. The summed E-state index contributed by atoms with van der Waals surface area (Å²) in [6.45, 7) is 0. The van der Waals surface area contributed by atoms with E-state index in [0.717, 1.165) is 4.70 Å². The van der Waals surface area contributed by atoms with E-state index in [1.54, 1.807) is 42.5 Å². The second-order valence-electron chi connectivity index (χ2n) is 4.74. The van der Waals surface area contributed by atoms with Crippen molar-refractivity contribution in [3.8, 4) is 0 Å². The fourth-order valence-electron chi connectivity index (χ4n) is 1.98. The molecule has 3 aromatic rings. The Hall–Kier alpha value is -3.26. The molecule has 0 aliphatic rings. The third-order valence-electron chi connectivity index (χ3n) is 3.01. The molecule has 1 heterocycles. The van der Waals surface area contributed by atoms with E-state index in [0.29, 0.717) is 11.1 Å². The Bertz CT molecular complexity index is 969. The maximum Gasteiger partial charge on any atom is 0.325 e. The van der Waals surface area contributed by atoms with Crippen LogP contribution in [0.25, 0.3) is 10.1 Å². The van der Waals surface area contributed by atoms with Crippen molar-refractivity contribution in [3.05, 3.63) is 65.0 Å². The summed E-state index contributed by atoms with van der Waals surface area (Å²) < 4.78 is 0.748. The topological polar surface area (TPSA) is 109 Å². The highest BCUT2D eigenvalue weighted by molar-refractivity contribution is 7.21. The van der Waals surface area contributed by atoms with Gasteiger partial charge >= 0.3 is 6.03 Å². The maximum absolute atomic E-state index is 11.9. The summed E-state index contributed by atoms with van der Waals surface area (Å²) in [6.07, 6.45) is 0. The summed E-state index contributed by atoms with van der Waals surface area (Å²) in [5, 5.41) is 5.70. The van der Waals surface area contributed by atoms with Crippen LogP contribution in [-0.2, 0) is 0 Å². The highest BCUT2D eigenvalue weighted by Gasteiger charge is 2.06. The average molecular weight is 339 g/mol. The van der Waals surface area contributed by atoms with Crippen molar-refractivity contribution in [3.63, 3.8) is 0 Å². The number of guanidine groups is 1. The van der Waals surface area contributed by atoms with E-state index in [9.17, 15) is 9.59 Å². The van der Waals surface area contributed by atoms with Crippen molar-refractivity contribution >= 4 is 44.2 Å². The Morgan fingerprint density at radius 3 is 2.58 bits per heavy atom. The summed E-state index contributed by atoms with van der Waals surface area (Å²) in [6, 6.07) is 15.5. The third-order valence-corrected chi connectivity index (χ3v) is 3.95. The summed E-state index contributed by atoms with van der Waals surface area (Å²) >= 11 is 1.21. The van der Waals surface area contributed by atoms with Gasteiger partial charge in [0.15, 0.2) is 0 Å². The number of nitrogens with zero attached hydrogens (tertiary/aromatic N) is 2. The molecule has 2 amide bonds. The lowest BCUT2D eigenvalue weighted by Gasteiger charge is -2.06. The van der Waals surface area contributed by atoms with E-state index in [-0.39, 0.29) is 16.7 Å². The first-order valence-electron chi connectivity index (χ1n) is 6.99. The van der Waals surface area contributed by atoms with Crippen LogP contribution in [-0.4, -0.2) is 17.0 Å². The molecule has 1 aromatic heterocycles. The number of amides is 2. The number of urea groups is 1. The van der Waals surface area contributed by atoms with E-state index < -0.39 is 6.03 Å². The minimum absolute atomic E-state index is 0.151. The number of aliphatic imine (C=N–C) groups is 1. The van der Waals surface area contributed by atoms with Crippen LogP contribution in [0.1, 0.15) is 0 Å². The molecule has 120 valence electrons. The second kappa shape index (κ2) is 6.88. The first kappa shape index (κ1) is 15.6. The van der Waals surface area contributed by atoms with Gasteiger partial charge in [0.05, 0.1) is 5.39 Å². The Kier molecular flexibility index (Phi) is 4.48. The van der Waals surface area contributed by atoms with E-state index in [1.165, 1.54) is 11.3 Å². The van der Waals surface area contributed by atoms with Crippen LogP contribution in [0.2, 0.25) is 0 Å². The number of hydrogen-bond acceptors (Lipinski definition) is 5. The number of aromatic nitrogens is 1. The molecule has 2 aromatic carbocycles. The number of nitrogens with one attached hydrogen (secondary N) is 2. The van der Waals surface area contributed by atoms with Crippen LogP contribution in [0.15, 0.2) is 64.4 Å². The van der Waals surface area contributed by atoms with E-state index >= 15 is 0 Å². The molecule has 24 heavy (non-hydrogen) atoms. The van der Waals surface area contributed by atoms with Crippen molar-refractivity contribution in [1.29, 1.82) is 0 Å². The summed E-state index contributed by atoms with van der Waals surface area (Å²) in [5.41, 5.74) is 5.93. The second-order valence-corrected chi connectivity index (χ2v) is 5.75. The number of anilines is 1. The molecule has 0 spiro atoms. The largest absolute Gasteiger partial charge is 0.369 e. The van der Waals surface area contributed by atoms with Crippen molar-refractivity contribution < 1.29 is 4.79 Å². The Morgan fingerprint density at radius 2 is 1.79 bits per heavy atom. The Balaban J connectivity index is 1.76. The number of rotatable bonds is 2. The first-order valence-corrected chi connectivity index (χ1v) is 7.80. The lowest BCUT2D eigenvalue weighted by atomic mass is 10.3. The Morgan fingerprint density at radius 1 is 1.08 bits per heavy atom. The van der Waals surface area contributed by atoms with Crippen LogP contribution in [0.4, 0.5) is 15.6 Å². The average Bonchev–Trinajstić information content (AvgIpc) is 2.55. The molecule has 0 saturated heterocycles. The van der Waals surface area contributed by atoms with Crippen molar-refractivity contribution in [1.82, 2.24) is 10.3 Å². The summed E-state index contributed by atoms with van der Waals surface area (Å²) in [5.74, 6) is -0.151. The molecule has 7 nitrogen and oxygen atoms in total. The quantitative estimate of drug-likeness (QED) is 0.492. The molecule has 0 fully saturated rings. The van der Waals surface area contributed by atoms with Gasteiger partial charge in [-0.15, -0.1) is 0 Å². The highest BCUT2D eigenvalue weighted by atomic mass is 32.1. The van der Waals surface area contributed by atoms with Crippen LogP contribution in [0, 0.1) is 0 Å². The maximum atomic E-state index is 11.9. The number of carbonyl (C=O) groups is 1. The van der Waals surface area contributed by atoms with Gasteiger partial charge in [0.25, 0.3) is 5.56 Å². The summed E-state index contributed by atoms with van der Waals surface area (Å²) in [7, 11) is 0. The molecule has 0 aliphatic heterocycles. The first-order chi connectivity index (χ1) is 11.6. The van der Waals surface area contributed by atoms with Gasteiger partial charge in [-0.3, -0.25) is 10.1 Å². The van der Waals surface area contributed by atoms with Crippen LogP contribution < -0.4 is 21.9 Å². The molecule has 0 bridgehead atoms. The standard InChI is InChI=1S/C16H13N5O2S/c17-14(20-15(23)18-10-6-2-1-3-7-10)21-16-19-13(22)11-8-4-5-9-12(11)24-16/h1-9H,(H4,17,18,19,20,21,22,23). The van der Waals surface area contributed by atoms with Gasteiger partial charge in [0.2, 0.25) is 11.1 Å². The number of nitrogens with two attached hydrogens (primary N) is 1. The van der Waals surface area contributed by atoms with Gasteiger partial charge in [-0.25, -0.2) is 4.79 Å². The molecule has 4 N–H and O–H groups in total. The van der Waals surface area contributed by atoms with Gasteiger partial charge in [-0.2, -0.15) is 9.98 Å². The number of benzene rings is 2. The van der Waals surface area contributed by atoms with Gasteiger partial charge in [-0.05, 0) is 24.3 Å². The van der Waals surface area contributed by atoms with Gasteiger partial charge in [-0.1, -0.05) is 41.7 Å². The number of hydrogen-bond donors (Lipinski definition) is 3. The minimum Gasteiger partial charge on any atom is -0.369 e. The molecular formula is C16H13N5O2S.